The number of aliphatic hydroxyl groups is 1. The molecule has 0 aliphatic rings. The highest BCUT2D eigenvalue weighted by molar-refractivity contribution is 5.63. The lowest BCUT2D eigenvalue weighted by molar-refractivity contribution is 0.0481. The first-order valence-corrected chi connectivity index (χ1v) is 7.72. The molecule has 2 rings (SSSR count). The summed E-state index contributed by atoms with van der Waals surface area (Å²) in [4.78, 5) is 0. The monoisotopic (exact) mass is 283 g/mol. The van der Waals surface area contributed by atoms with Crippen molar-refractivity contribution in [3.05, 3.63) is 60.2 Å². The van der Waals surface area contributed by atoms with Crippen LogP contribution in [0.25, 0.3) is 11.1 Å². The number of nitrogens with one attached hydrogen (secondary N) is 1. The van der Waals surface area contributed by atoms with E-state index in [2.05, 4.69) is 36.5 Å². The van der Waals surface area contributed by atoms with E-state index in [-0.39, 0.29) is 0 Å². The molecular formula is C19H25NO. The molecule has 0 radical (unpaired) electrons. The van der Waals surface area contributed by atoms with Gasteiger partial charge >= 0.3 is 0 Å². The quantitative estimate of drug-likeness (QED) is 0.754. The molecule has 0 saturated carbocycles. The summed E-state index contributed by atoms with van der Waals surface area (Å²) in [5.41, 5.74) is 2.57. The third-order valence-electron chi connectivity index (χ3n) is 3.83. The van der Waals surface area contributed by atoms with Crippen LogP contribution in [0.15, 0.2) is 54.6 Å². The van der Waals surface area contributed by atoms with E-state index in [1.165, 1.54) is 11.1 Å². The van der Waals surface area contributed by atoms with Gasteiger partial charge in [0.2, 0.25) is 0 Å². The first kappa shape index (κ1) is 15.7. The van der Waals surface area contributed by atoms with E-state index in [9.17, 15) is 5.11 Å². The van der Waals surface area contributed by atoms with Crippen molar-refractivity contribution >= 4 is 0 Å². The molecule has 2 heteroatoms. The van der Waals surface area contributed by atoms with Crippen molar-refractivity contribution in [3.8, 4) is 11.1 Å². The van der Waals surface area contributed by atoms with Gasteiger partial charge in [-0.05, 0) is 49.5 Å². The molecule has 1 unspecified atom stereocenters. The largest absolute Gasteiger partial charge is 0.385 e. The lowest BCUT2D eigenvalue weighted by Gasteiger charge is -2.24. The van der Waals surface area contributed by atoms with Gasteiger partial charge in [0.05, 0.1) is 5.60 Å². The van der Waals surface area contributed by atoms with Crippen molar-refractivity contribution < 1.29 is 5.11 Å². The summed E-state index contributed by atoms with van der Waals surface area (Å²) in [5.74, 6) is 0. The zero-order valence-corrected chi connectivity index (χ0v) is 13.0. The standard InChI is InChI=1S/C19H25NO/c1-3-14-20-15-13-19(2,21)18-11-9-17(10-12-18)16-7-5-4-6-8-16/h4-12,20-21H,3,13-15H2,1-2H3. The minimum absolute atomic E-state index is 0.720. The first-order chi connectivity index (χ1) is 10.1. The van der Waals surface area contributed by atoms with Gasteiger partial charge in [-0.2, -0.15) is 0 Å². The number of hydrogen-bond donors (Lipinski definition) is 2. The maximum Gasteiger partial charge on any atom is 0.0880 e. The molecule has 2 aromatic rings. The normalized spacial score (nSPS) is 13.9. The van der Waals surface area contributed by atoms with Crippen molar-refractivity contribution in [2.45, 2.75) is 32.3 Å². The van der Waals surface area contributed by atoms with E-state index in [4.69, 9.17) is 0 Å². The summed E-state index contributed by atoms with van der Waals surface area (Å²) >= 11 is 0. The van der Waals surface area contributed by atoms with Crippen LogP contribution in [0.4, 0.5) is 0 Å². The Bertz CT molecular complexity index is 531. The maximum absolute atomic E-state index is 10.6. The summed E-state index contributed by atoms with van der Waals surface area (Å²) in [6.07, 6.45) is 1.84. The van der Waals surface area contributed by atoms with E-state index in [0.717, 1.165) is 31.5 Å². The fraction of sp³-hybridized carbons (Fsp3) is 0.368. The average molecular weight is 283 g/mol. The molecule has 2 nitrogen and oxygen atoms in total. The highest BCUT2D eigenvalue weighted by Crippen LogP contribution is 2.27. The van der Waals surface area contributed by atoms with Crippen LogP contribution in [0.1, 0.15) is 32.3 Å². The Morgan fingerprint density at radius 1 is 0.905 bits per heavy atom. The molecule has 0 aliphatic heterocycles. The average Bonchev–Trinajstić information content (AvgIpc) is 2.53. The van der Waals surface area contributed by atoms with Gasteiger partial charge in [0.1, 0.15) is 0 Å². The summed E-state index contributed by atoms with van der Waals surface area (Å²) < 4.78 is 0. The van der Waals surface area contributed by atoms with Crippen molar-refractivity contribution in [2.75, 3.05) is 13.1 Å². The molecule has 0 aromatic heterocycles. The molecule has 0 saturated heterocycles. The van der Waals surface area contributed by atoms with Crippen LogP contribution < -0.4 is 5.32 Å². The summed E-state index contributed by atoms with van der Waals surface area (Å²) in [6.45, 7) is 5.87. The molecular weight excluding hydrogens is 258 g/mol. The van der Waals surface area contributed by atoms with Crippen LogP contribution in [0.2, 0.25) is 0 Å². The van der Waals surface area contributed by atoms with Crippen molar-refractivity contribution in [1.82, 2.24) is 5.32 Å². The molecule has 0 heterocycles. The molecule has 21 heavy (non-hydrogen) atoms. The van der Waals surface area contributed by atoms with Gasteiger partial charge in [0, 0.05) is 0 Å². The van der Waals surface area contributed by atoms with Crippen LogP contribution in [0.5, 0.6) is 0 Å². The predicted octanol–water partition coefficient (Wildman–Crippen LogP) is 3.95. The maximum atomic E-state index is 10.6. The Labute approximate surface area is 127 Å². The molecule has 1 atom stereocenters. The molecule has 0 bridgehead atoms. The molecule has 2 aromatic carbocycles. The van der Waals surface area contributed by atoms with E-state index in [1.807, 2.05) is 37.3 Å². The molecule has 0 spiro atoms. The first-order valence-electron chi connectivity index (χ1n) is 7.72. The van der Waals surface area contributed by atoms with Crippen LogP contribution in [-0.4, -0.2) is 18.2 Å². The molecule has 0 aliphatic carbocycles. The summed E-state index contributed by atoms with van der Waals surface area (Å²) in [7, 11) is 0. The molecule has 0 amide bonds. The van der Waals surface area contributed by atoms with Crippen LogP contribution in [-0.2, 0) is 5.60 Å². The summed E-state index contributed by atoms with van der Waals surface area (Å²) in [6, 6.07) is 18.5. The highest BCUT2D eigenvalue weighted by atomic mass is 16.3. The van der Waals surface area contributed by atoms with Gasteiger partial charge < -0.3 is 10.4 Å². The van der Waals surface area contributed by atoms with Gasteiger partial charge in [-0.1, -0.05) is 61.5 Å². The number of benzene rings is 2. The minimum Gasteiger partial charge on any atom is -0.385 e. The Kier molecular flexibility index (Phi) is 5.54. The smallest absolute Gasteiger partial charge is 0.0880 e. The number of rotatable bonds is 7. The Balaban J connectivity index is 2.04. The van der Waals surface area contributed by atoms with E-state index < -0.39 is 5.60 Å². The van der Waals surface area contributed by atoms with Gasteiger partial charge in [-0.3, -0.25) is 0 Å². The van der Waals surface area contributed by atoms with Crippen molar-refractivity contribution in [2.24, 2.45) is 0 Å². The van der Waals surface area contributed by atoms with E-state index in [1.54, 1.807) is 0 Å². The molecule has 2 N–H and O–H groups in total. The third kappa shape index (κ3) is 4.42. The lowest BCUT2D eigenvalue weighted by atomic mass is 9.91. The van der Waals surface area contributed by atoms with Crippen LogP contribution in [0, 0.1) is 0 Å². The predicted molar refractivity (Wildman–Crippen MR) is 89.2 cm³/mol. The van der Waals surface area contributed by atoms with E-state index in [0.29, 0.717) is 0 Å². The Hall–Kier alpha value is -1.64. The van der Waals surface area contributed by atoms with Crippen LogP contribution in [0.3, 0.4) is 0 Å². The fourth-order valence-corrected chi connectivity index (χ4v) is 2.43. The zero-order valence-electron chi connectivity index (χ0n) is 13.0. The van der Waals surface area contributed by atoms with Crippen molar-refractivity contribution in [1.29, 1.82) is 0 Å². The second kappa shape index (κ2) is 7.39. The fourth-order valence-electron chi connectivity index (χ4n) is 2.43. The molecule has 112 valence electrons. The van der Waals surface area contributed by atoms with Gasteiger partial charge in [0.15, 0.2) is 0 Å². The lowest BCUT2D eigenvalue weighted by Crippen LogP contribution is -2.28. The second-order valence-corrected chi connectivity index (χ2v) is 5.72. The van der Waals surface area contributed by atoms with Gasteiger partial charge in [0.25, 0.3) is 0 Å². The highest BCUT2D eigenvalue weighted by Gasteiger charge is 2.22. The Morgan fingerprint density at radius 2 is 1.52 bits per heavy atom. The topological polar surface area (TPSA) is 32.3 Å². The molecule has 0 fully saturated rings. The zero-order chi connectivity index (χ0) is 15.1. The Morgan fingerprint density at radius 3 is 2.14 bits per heavy atom. The minimum atomic E-state index is -0.782. The third-order valence-corrected chi connectivity index (χ3v) is 3.83. The van der Waals surface area contributed by atoms with Gasteiger partial charge in [-0.25, -0.2) is 0 Å². The number of hydrogen-bond acceptors (Lipinski definition) is 2. The van der Waals surface area contributed by atoms with Crippen LogP contribution >= 0.6 is 0 Å². The van der Waals surface area contributed by atoms with E-state index >= 15 is 0 Å². The summed E-state index contributed by atoms with van der Waals surface area (Å²) in [5, 5.41) is 13.9. The SMILES string of the molecule is CCCNCCC(C)(O)c1ccc(-c2ccccc2)cc1. The van der Waals surface area contributed by atoms with Crippen molar-refractivity contribution in [3.63, 3.8) is 0 Å². The van der Waals surface area contributed by atoms with Gasteiger partial charge in [-0.15, -0.1) is 0 Å². The second-order valence-electron chi connectivity index (χ2n) is 5.72.